The van der Waals surface area contributed by atoms with Crippen molar-refractivity contribution in [3.8, 4) is 0 Å². The number of hydrogen-bond donors (Lipinski definition) is 0. The molecule has 0 saturated heterocycles. The zero-order chi connectivity index (χ0) is 18.0. The Bertz CT molecular complexity index is 1020. The Morgan fingerprint density at radius 3 is 2.60 bits per heavy atom. The van der Waals surface area contributed by atoms with Crippen molar-refractivity contribution in [3.05, 3.63) is 80.2 Å². The number of ether oxygens (including phenoxy) is 1. The molecule has 0 amide bonds. The van der Waals surface area contributed by atoms with E-state index in [0.29, 0.717) is 39.0 Å². The standard InChI is InChI=1S/C19H13ClO5/c1-11-6-17-15(8-16(11)20)14(7-18(22)25-17)10-24-19(23)13-4-2-12(9-21)3-5-13/h2-9H,10H2,1H3. The lowest BCUT2D eigenvalue weighted by Gasteiger charge is -2.09. The van der Waals surface area contributed by atoms with Crippen LogP contribution in [0.5, 0.6) is 0 Å². The quantitative estimate of drug-likeness (QED) is 0.402. The fraction of sp³-hybridized carbons (Fsp3) is 0.105. The maximum atomic E-state index is 12.1. The predicted octanol–water partition coefficient (Wildman–Crippen LogP) is 3.92. The molecular formula is C19H13ClO5. The smallest absolute Gasteiger partial charge is 0.338 e. The Morgan fingerprint density at radius 2 is 1.92 bits per heavy atom. The highest BCUT2D eigenvalue weighted by atomic mass is 35.5. The molecule has 0 unspecified atom stereocenters. The number of fused-ring (bicyclic) bond motifs is 1. The number of aldehydes is 1. The fourth-order valence-electron chi connectivity index (χ4n) is 2.39. The predicted molar refractivity (Wildman–Crippen MR) is 93.2 cm³/mol. The normalized spacial score (nSPS) is 10.6. The summed E-state index contributed by atoms with van der Waals surface area (Å²) >= 11 is 6.13. The van der Waals surface area contributed by atoms with Crippen LogP contribution < -0.4 is 5.63 Å². The van der Waals surface area contributed by atoms with Crippen LogP contribution in [0.25, 0.3) is 11.0 Å². The van der Waals surface area contributed by atoms with Crippen LogP contribution in [-0.2, 0) is 11.3 Å². The molecule has 3 aromatic rings. The molecule has 0 aliphatic carbocycles. The van der Waals surface area contributed by atoms with Crippen molar-refractivity contribution in [2.24, 2.45) is 0 Å². The van der Waals surface area contributed by atoms with E-state index in [2.05, 4.69) is 0 Å². The first kappa shape index (κ1) is 16.9. The lowest BCUT2D eigenvalue weighted by molar-refractivity contribution is 0.0473. The molecule has 126 valence electrons. The zero-order valence-corrected chi connectivity index (χ0v) is 14.0. The molecular weight excluding hydrogens is 344 g/mol. The van der Waals surface area contributed by atoms with E-state index in [1.807, 2.05) is 0 Å². The first-order valence-corrected chi connectivity index (χ1v) is 7.81. The van der Waals surface area contributed by atoms with Gasteiger partial charge in [0.05, 0.1) is 5.56 Å². The third-order valence-electron chi connectivity index (χ3n) is 3.75. The van der Waals surface area contributed by atoms with Gasteiger partial charge in [0.1, 0.15) is 18.5 Å². The number of halogens is 1. The molecule has 3 rings (SSSR count). The minimum Gasteiger partial charge on any atom is -0.457 e. The number of carbonyl (C=O) groups excluding carboxylic acids is 2. The molecule has 25 heavy (non-hydrogen) atoms. The largest absolute Gasteiger partial charge is 0.457 e. The Balaban J connectivity index is 1.87. The van der Waals surface area contributed by atoms with Gasteiger partial charge in [-0.3, -0.25) is 4.79 Å². The number of esters is 1. The van der Waals surface area contributed by atoms with Crippen LogP contribution in [0.1, 0.15) is 31.8 Å². The van der Waals surface area contributed by atoms with Crippen LogP contribution in [0.4, 0.5) is 0 Å². The SMILES string of the molecule is Cc1cc2oc(=O)cc(COC(=O)c3ccc(C=O)cc3)c2cc1Cl. The summed E-state index contributed by atoms with van der Waals surface area (Å²) < 4.78 is 10.4. The molecule has 2 aromatic carbocycles. The molecule has 0 spiro atoms. The Morgan fingerprint density at radius 1 is 1.20 bits per heavy atom. The van der Waals surface area contributed by atoms with Crippen LogP contribution in [-0.4, -0.2) is 12.3 Å². The van der Waals surface area contributed by atoms with Gasteiger partial charge in [0.15, 0.2) is 0 Å². The van der Waals surface area contributed by atoms with Gasteiger partial charge in [-0.2, -0.15) is 0 Å². The summed E-state index contributed by atoms with van der Waals surface area (Å²) in [5.41, 5.74) is 1.92. The number of benzene rings is 2. The first-order valence-electron chi connectivity index (χ1n) is 7.43. The molecule has 0 radical (unpaired) electrons. The van der Waals surface area contributed by atoms with Crippen molar-refractivity contribution in [1.82, 2.24) is 0 Å². The molecule has 0 N–H and O–H groups in total. The summed E-state index contributed by atoms with van der Waals surface area (Å²) in [5, 5.41) is 1.14. The summed E-state index contributed by atoms with van der Waals surface area (Å²) in [7, 11) is 0. The summed E-state index contributed by atoms with van der Waals surface area (Å²) in [6.07, 6.45) is 0.691. The second-order valence-electron chi connectivity index (χ2n) is 5.50. The summed E-state index contributed by atoms with van der Waals surface area (Å²) in [6, 6.07) is 10.7. The van der Waals surface area contributed by atoms with E-state index in [1.165, 1.54) is 30.3 Å². The number of carbonyl (C=O) groups is 2. The van der Waals surface area contributed by atoms with Gasteiger partial charge in [0.25, 0.3) is 0 Å². The van der Waals surface area contributed by atoms with E-state index in [0.717, 1.165) is 5.56 Å². The number of aryl methyl sites for hydroxylation is 1. The van der Waals surface area contributed by atoms with Crippen LogP contribution in [0.2, 0.25) is 5.02 Å². The third-order valence-corrected chi connectivity index (χ3v) is 4.16. The lowest BCUT2D eigenvalue weighted by atomic mass is 10.1. The molecule has 1 aromatic heterocycles. The molecule has 0 fully saturated rings. The minimum absolute atomic E-state index is 0.101. The second kappa shape index (κ2) is 6.91. The number of rotatable bonds is 4. The van der Waals surface area contributed by atoms with E-state index in [9.17, 15) is 14.4 Å². The van der Waals surface area contributed by atoms with E-state index < -0.39 is 11.6 Å². The molecule has 0 bridgehead atoms. The van der Waals surface area contributed by atoms with Gasteiger partial charge in [-0.05, 0) is 36.8 Å². The molecule has 0 aliphatic rings. The average Bonchev–Trinajstić information content (AvgIpc) is 2.61. The second-order valence-corrected chi connectivity index (χ2v) is 5.91. The summed E-state index contributed by atoms with van der Waals surface area (Å²) in [4.78, 5) is 34.5. The van der Waals surface area contributed by atoms with Gasteiger partial charge in [0.2, 0.25) is 0 Å². The summed E-state index contributed by atoms with van der Waals surface area (Å²) in [5.74, 6) is -0.558. The number of hydrogen-bond acceptors (Lipinski definition) is 5. The van der Waals surface area contributed by atoms with E-state index in [4.69, 9.17) is 20.8 Å². The van der Waals surface area contributed by atoms with Gasteiger partial charge in [0, 0.05) is 27.6 Å². The lowest BCUT2D eigenvalue weighted by Crippen LogP contribution is -2.08. The van der Waals surface area contributed by atoms with Crippen molar-refractivity contribution >= 4 is 34.8 Å². The van der Waals surface area contributed by atoms with Crippen molar-refractivity contribution in [3.63, 3.8) is 0 Å². The van der Waals surface area contributed by atoms with Crippen molar-refractivity contribution in [2.45, 2.75) is 13.5 Å². The molecule has 6 heteroatoms. The first-order chi connectivity index (χ1) is 12.0. The average molecular weight is 357 g/mol. The van der Waals surface area contributed by atoms with E-state index >= 15 is 0 Å². The highest BCUT2D eigenvalue weighted by Gasteiger charge is 2.12. The van der Waals surface area contributed by atoms with Crippen LogP contribution in [0.15, 0.2) is 51.7 Å². The van der Waals surface area contributed by atoms with Crippen molar-refractivity contribution < 1.29 is 18.7 Å². The van der Waals surface area contributed by atoms with E-state index in [-0.39, 0.29) is 6.61 Å². The van der Waals surface area contributed by atoms with Gasteiger partial charge < -0.3 is 9.15 Å². The third kappa shape index (κ3) is 3.61. The van der Waals surface area contributed by atoms with Crippen LogP contribution >= 0.6 is 11.6 Å². The van der Waals surface area contributed by atoms with E-state index in [1.54, 1.807) is 19.1 Å². The highest BCUT2D eigenvalue weighted by molar-refractivity contribution is 6.32. The Labute approximate surface area is 147 Å². The maximum Gasteiger partial charge on any atom is 0.338 e. The van der Waals surface area contributed by atoms with Crippen molar-refractivity contribution in [1.29, 1.82) is 0 Å². The van der Waals surface area contributed by atoms with Gasteiger partial charge in [-0.15, -0.1) is 0 Å². The van der Waals surface area contributed by atoms with Crippen LogP contribution in [0.3, 0.4) is 0 Å². The molecule has 0 saturated carbocycles. The summed E-state index contributed by atoms with van der Waals surface area (Å²) in [6.45, 7) is 1.70. The zero-order valence-electron chi connectivity index (χ0n) is 13.2. The maximum absolute atomic E-state index is 12.1. The highest BCUT2D eigenvalue weighted by Crippen LogP contribution is 2.25. The van der Waals surface area contributed by atoms with Gasteiger partial charge in [-0.25, -0.2) is 9.59 Å². The van der Waals surface area contributed by atoms with Gasteiger partial charge in [-0.1, -0.05) is 23.7 Å². The molecule has 5 nitrogen and oxygen atoms in total. The van der Waals surface area contributed by atoms with Crippen LogP contribution in [0, 0.1) is 6.92 Å². The van der Waals surface area contributed by atoms with Crippen molar-refractivity contribution in [2.75, 3.05) is 0 Å². The topological polar surface area (TPSA) is 73.6 Å². The molecule has 1 heterocycles. The Kier molecular flexibility index (Phi) is 4.67. The Hall–Kier alpha value is -2.92. The van der Waals surface area contributed by atoms with Gasteiger partial charge >= 0.3 is 11.6 Å². The molecule has 0 aliphatic heterocycles. The monoisotopic (exact) mass is 356 g/mol. The molecule has 0 atom stereocenters. The minimum atomic E-state index is -0.558. The fourth-order valence-corrected chi connectivity index (χ4v) is 2.56.